The Labute approximate surface area is 162 Å². The number of carbonyl (C=O) groups is 1. The molecule has 0 unspecified atom stereocenters. The molecular formula is C19H27Cl2N3O. The van der Waals surface area contributed by atoms with E-state index in [4.69, 9.17) is 0 Å². The van der Waals surface area contributed by atoms with Gasteiger partial charge in [-0.2, -0.15) is 0 Å². The SMILES string of the molecule is C=CCC[C@H](c1cn(C(C)=O)c2ccccc12)N1CCNCC1.Cl.Cl. The highest BCUT2D eigenvalue weighted by Crippen LogP contribution is 2.33. The number of benzene rings is 1. The first-order chi connectivity index (χ1) is 11.2. The van der Waals surface area contributed by atoms with Crippen LogP contribution in [0.2, 0.25) is 0 Å². The molecule has 1 aliphatic heterocycles. The van der Waals surface area contributed by atoms with Gasteiger partial charge in [0.25, 0.3) is 0 Å². The van der Waals surface area contributed by atoms with Gasteiger partial charge in [-0.05, 0) is 24.5 Å². The zero-order valence-electron chi connectivity index (χ0n) is 14.6. The van der Waals surface area contributed by atoms with Gasteiger partial charge in [-0.3, -0.25) is 14.3 Å². The maximum absolute atomic E-state index is 12.0. The number of nitrogens with one attached hydrogen (secondary N) is 1. The lowest BCUT2D eigenvalue weighted by atomic mass is 9.99. The minimum atomic E-state index is 0. The number of para-hydroxylation sites is 1. The van der Waals surface area contributed by atoms with Crippen molar-refractivity contribution in [2.45, 2.75) is 25.8 Å². The molecule has 1 N–H and O–H groups in total. The van der Waals surface area contributed by atoms with Crippen molar-refractivity contribution < 1.29 is 4.79 Å². The number of aromatic nitrogens is 1. The summed E-state index contributed by atoms with van der Waals surface area (Å²) in [6.45, 7) is 9.64. The largest absolute Gasteiger partial charge is 0.314 e. The molecule has 3 rings (SSSR count). The van der Waals surface area contributed by atoms with Gasteiger partial charge in [0.2, 0.25) is 5.91 Å². The van der Waals surface area contributed by atoms with E-state index in [1.54, 1.807) is 11.5 Å². The molecule has 138 valence electrons. The zero-order valence-corrected chi connectivity index (χ0v) is 16.2. The fraction of sp³-hybridized carbons (Fsp3) is 0.421. The summed E-state index contributed by atoms with van der Waals surface area (Å²) in [5.41, 5.74) is 2.27. The molecule has 0 radical (unpaired) electrons. The standard InChI is InChI=1S/C19H25N3O.2ClH/c1-3-4-8-18(21-12-10-20-11-13-21)17-14-22(15(2)23)19-9-6-5-7-16(17)19;;/h3,5-7,9,14,18,20H,1,4,8,10-13H2,2H3;2*1H/t18-;;/m1../s1. The van der Waals surface area contributed by atoms with E-state index in [1.165, 1.54) is 10.9 Å². The molecule has 0 bridgehead atoms. The third kappa shape index (κ3) is 4.64. The summed E-state index contributed by atoms with van der Waals surface area (Å²) >= 11 is 0. The zero-order chi connectivity index (χ0) is 16.2. The van der Waals surface area contributed by atoms with Crippen LogP contribution in [0.1, 0.15) is 36.2 Å². The predicted molar refractivity (Wildman–Crippen MR) is 109 cm³/mol. The van der Waals surface area contributed by atoms with E-state index in [0.717, 1.165) is 44.5 Å². The molecule has 1 aromatic heterocycles. The van der Waals surface area contributed by atoms with Crippen LogP contribution in [0.4, 0.5) is 0 Å². The quantitative estimate of drug-likeness (QED) is 0.790. The molecule has 0 spiro atoms. The van der Waals surface area contributed by atoms with Crippen molar-refractivity contribution >= 4 is 41.6 Å². The van der Waals surface area contributed by atoms with Crippen molar-refractivity contribution in [2.75, 3.05) is 26.2 Å². The van der Waals surface area contributed by atoms with Gasteiger partial charge in [0.1, 0.15) is 0 Å². The first-order valence-electron chi connectivity index (χ1n) is 8.39. The Bertz CT molecular complexity index is 708. The van der Waals surface area contributed by atoms with Crippen molar-refractivity contribution in [2.24, 2.45) is 0 Å². The molecule has 0 aliphatic carbocycles. The molecule has 2 heterocycles. The van der Waals surface area contributed by atoms with E-state index in [2.05, 4.69) is 28.9 Å². The number of halogens is 2. The van der Waals surface area contributed by atoms with E-state index in [9.17, 15) is 4.79 Å². The third-order valence-corrected chi connectivity index (χ3v) is 4.68. The highest BCUT2D eigenvalue weighted by Gasteiger charge is 2.25. The molecule has 0 amide bonds. The van der Waals surface area contributed by atoms with Crippen LogP contribution in [-0.4, -0.2) is 41.6 Å². The van der Waals surface area contributed by atoms with Crippen LogP contribution in [0, 0.1) is 0 Å². The first kappa shape index (κ1) is 21.7. The van der Waals surface area contributed by atoms with Crippen LogP contribution < -0.4 is 5.32 Å². The average molecular weight is 384 g/mol. The minimum absolute atomic E-state index is 0. The van der Waals surface area contributed by atoms with Crippen LogP contribution in [-0.2, 0) is 0 Å². The van der Waals surface area contributed by atoms with Gasteiger partial charge in [0, 0.05) is 50.7 Å². The van der Waals surface area contributed by atoms with Gasteiger partial charge in [-0.1, -0.05) is 24.3 Å². The molecule has 2 aromatic rings. The Morgan fingerprint density at radius 1 is 1.28 bits per heavy atom. The summed E-state index contributed by atoms with van der Waals surface area (Å²) in [4.78, 5) is 14.5. The molecule has 1 aromatic carbocycles. The van der Waals surface area contributed by atoms with E-state index in [0.29, 0.717) is 6.04 Å². The van der Waals surface area contributed by atoms with Crippen LogP contribution in [0.15, 0.2) is 43.1 Å². The third-order valence-electron chi connectivity index (χ3n) is 4.68. The predicted octanol–water partition coefficient (Wildman–Crippen LogP) is 4.06. The topological polar surface area (TPSA) is 37.3 Å². The van der Waals surface area contributed by atoms with Gasteiger partial charge in [-0.15, -0.1) is 31.4 Å². The number of nitrogens with zero attached hydrogens (tertiary/aromatic N) is 2. The van der Waals surface area contributed by atoms with Gasteiger partial charge in [0.05, 0.1) is 5.52 Å². The summed E-state index contributed by atoms with van der Waals surface area (Å²) < 4.78 is 1.79. The summed E-state index contributed by atoms with van der Waals surface area (Å²) in [6, 6.07) is 8.55. The maximum atomic E-state index is 12.0. The molecule has 0 saturated carbocycles. The second kappa shape index (κ2) is 9.97. The summed E-state index contributed by atoms with van der Waals surface area (Å²) in [7, 11) is 0. The minimum Gasteiger partial charge on any atom is -0.314 e. The number of allylic oxidation sites excluding steroid dienone is 1. The van der Waals surface area contributed by atoms with Gasteiger partial charge in [0.15, 0.2) is 0 Å². The Morgan fingerprint density at radius 2 is 1.96 bits per heavy atom. The lowest BCUT2D eigenvalue weighted by Crippen LogP contribution is -2.45. The Morgan fingerprint density at radius 3 is 2.60 bits per heavy atom. The lowest BCUT2D eigenvalue weighted by molar-refractivity contribution is 0.0941. The maximum Gasteiger partial charge on any atom is 0.227 e. The second-order valence-electron chi connectivity index (χ2n) is 6.16. The van der Waals surface area contributed by atoms with Crippen molar-refractivity contribution in [1.29, 1.82) is 0 Å². The van der Waals surface area contributed by atoms with Gasteiger partial charge < -0.3 is 5.32 Å². The molecule has 6 heteroatoms. The van der Waals surface area contributed by atoms with Gasteiger partial charge >= 0.3 is 0 Å². The lowest BCUT2D eigenvalue weighted by Gasteiger charge is -2.35. The molecule has 1 aliphatic rings. The van der Waals surface area contributed by atoms with E-state index in [1.807, 2.05) is 24.4 Å². The molecule has 1 atom stereocenters. The van der Waals surface area contributed by atoms with Gasteiger partial charge in [-0.25, -0.2) is 0 Å². The molecule has 1 saturated heterocycles. The molecule has 4 nitrogen and oxygen atoms in total. The van der Waals surface area contributed by atoms with Crippen molar-refractivity contribution in [1.82, 2.24) is 14.8 Å². The highest BCUT2D eigenvalue weighted by molar-refractivity contribution is 5.93. The molecule has 1 fully saturated rings. The Balaban J connectivity index is 0.00000156. The van der Waals surface area contributed by atoms with E-state index in [-0.39, 0.29) is 30.7 Å². The molecule has 25 heavy (non-hydrogen) atoms. The van der Waals surface area contributed by atoms with E-state index < -0.39 is 0 Å². The number of hydrogen-bond acceptors (Lipinski definition) is 3. The second-order valence-corrected chi connectivity index (χ2v) is 6.16. The van der Waals surface area contributed by atoms with Crippen molar-refractivity contribution in [3.8, 4) is 0 Å². The van der Waals surface area contributed by atoms with Crippen LogP contribution in [0.25, 0.3) is 10.9 Å². The highest BCUT2D eigenvalue weighted by atomic mass is 35.5. The smallest absolute Gasteiger partial charge is 0.227 e. The van der Waals surface area contributed by atoms with Crippen LogP contribution in [0.3, 0.4) is 0 Å². The monoisotopic (exact) mass is 383 g/mol. The Hall–Kier alpha value is -1.33. The van der Waals surface area contributed by atoms with Crippen LogP contribution >= 0.6 is 24.8 Å². The molecular weight excluding hydrogens is 357 g/mol. The summed E-state index contributed by atoms with van der Waals surface area (Å²) in [5.74, 6) is 0.0650. The van der Waals surface area contributed by atoms with Crippen LogP contribution in [0.5, 0.6) is 0 Å². The number of piperazine rings is 1. The van der Waals surface area contributed by atoms with Crippen molar-refractivity contribution in [3.05, 3.63) is 48.7 Å². The fourth-order valence-electron chi connectivity index (χ4n) is 3.54. The number of hydrogen-bond donors (Lipinski definition) is 1. The average Bonchev–Trinajstić information content (AvgIpc) is 2.96. The normalized spacial score (nSPS) is 15.9. The fourth-order valence-corrected chi connectivity index (χ4v) is 3.54. The number of fused-ring (bicyclic) bond motifs is 1. The summed E-state index contributed by atoms with van der Waals surface area (Å²) in [6.07, 6.45) is 6.05. The first-order valence-corrected chi connectivity index (χ1v) is 8.39. The number of rotatable bonds is 5. The van der Waals surface area contributed by atoms with E-state index >= 15 is 0 Å². The van der Waals surface area contributed by atoms with Crippen molar-refractivity contribution in [3.63, 3.8) is 0 Å². The number of carbonyl (C=O) groups excluding carboxylic acids is 1. The Kier molecular flexibility index (Phi) is 8.66. The summed E-state index contributed by atoms with van der Waals surface area (Å²) in [5, 5.41) is 4.61.